The van der Waals surface area contributed by atoms with Gasteiger partial charge in [0.05, 0.1) is 11.2 Å². The average molecular weight is 325 g/mol. The number of aromatic nitrogens is 4. The van der Waals surface area contributed by atoms with Gasteiger partial charge in [-0.15, -0.1) is 5.10 Å². The first-order valence-corrected chi connectivity index (χ1v) is 9.30. The van der Waals surface area contributed by atoms with Gasteiger partial charge in [-0.3, -0.25) is 4.90 Å². The number of benzene rings is 1. The molecule has 0 unspecified atom stereocenters. The first-order chi connectivity index (χ1) is 11.7. The van der Waals surface area contributed by atoms with Crippen LogP contribution in [-0.2, 0) is 5.54 Å². The largest absolute Gasteiger partial charge is 0.291 e. The van der Waals surface area contributed by atoms with Crippen molar-refractivity contribution in [3.63, 3.8) is 0 Å². The van der Waals surface area contributed by atoms with Crippen LogP contribution in [0.2, 0.25) is 0 Å². The molecule has 5 nitrogen and oxygen atoms in total. The van der Waals surface area contributed by atoms with E-state index in [4.69, 9.17) is 0 Å². The van der Waals surface area contributed by atoms with E-state index in [0.29, 0.717) is 0 Å². The lowest BCUT2D eigenvalue weighted by molar-refractivity contribution is 0.0455. The second-order valence-corrected chi connectivity index (χ2v) is 7.66. The molecule has 0 N–H and O–H groups in total. The Kier molecular flexibility index (Phi) is 4.12. The lowest BCUT2D eigenvalue weighted by Gasteiger charge is -2.44. The molecular weight excluding hydrogens is 298 g/mol. The van der Waals surface area contributed by atoms with Crippen LogP contribution < -0.4 is 0 Å². The Morgan fingerprint density at radius 1 is 1.04 bits per heavy atom. The van der Waals surface area contributed by atoms with E-state index < -0.39 is 0 Å². The van der Waals surface area contributed by atoms with Crippen LogP contribution in [0.1, 0.15) is 56.8 Å². The van der Waals surface area contributed by atoms with Crippen LogP contribution >= 0.6 is 0 Å². The number of hydrogen-bond donors (Lipinski definition) is 0. The first kappa shape index (κ1) is 15.8. The number of nitrogens with zero attached hydrogens (tertiary/aromatic N) is 5. The normalized spacial score (nSPS) is 28.3. The molecule has 0 amide bonds. The zero-order valence-electron chi connectivity index (χ0n) is 14.8. The van der Waals surface area contributed by atoms with Gasteiger partial charge < -0.3 is 0 Å². The summed E-state index contributed by atoms with van der Waals surface area (Å²) in [6.45, 7) is 6.83. The standard InChI is InChI=1S/C19H27N5/c1-15-5-7-17(8-6-15)24-18(20-21-22-24)19(23-13-3-4-14-23)11-9-16(2)10-12-19/h5-8,16H,3-4,9-14H2,1-2H3. The third-order valence-corrected chi connectivity index (χ3v) is 5.98. The molecule has 5 heteroatoms. The fourth-order valence-corrected chi connectivity index (χ4v) is 4.40. The third-order valence-electron chi connectivity index (χ3n) is 5.98. The summed E-state index contributed by atoms with van der Waals surface area (Å²) in [7, 11) is 0. The minimum Gasteiger partial charge on any atom is -0.291 e. The van der Waals surface area contributed by atoms with Crippen molar-refractivity contribution in [3.05, 3.63) is 35.7 Å². The molecule has 2 heterocycles. The Morgan fingerprint density at radius 2 is 1.71 bits per heavy atom. The smallest absolute Gasteiger partial charge is 0.176 e. The summed E-state index contributed by atoms with van der Waals surface area (Å²) < 4.78 is 1.98. The SMILES string of the molecule is Cc1ccc(-n2nnnc2C2(N3CCCC3)CCC(C)CC2)cc1. The molecule has 0 spiro atoms. The molecule has 1 aromatic heterocycles. The van der Waals surface area contributed by atoms with E-state index in [1.54, 1.807) is 0 Å². The predicted octanol–water partition coefficient (Wildman–Crippen LogP) is 3.47. The van der Waals surface area contributed by atoms with Gasteiger partial charge in [0.15, 0.2) is 5.82 Å². The molecule has 1 aliphatic carbocycles. The molecular formula is C19H27N5. The molecule has 1 aromatic carbocycles. The highest BCUT2D eigenvalue weighted by Crippen LogP contribution is 2.44. The molecule has 1 saturated carbocycles. The van der Waals surface area contributed by atoms with Crippen molar-refractivity contribution in [3.8, 4) is 5.69 Å². The van der Waals surface area contributed by atoms with Crippen molar-refractivity contribution >= 4 is 0 Å². The zero-order chi connectivity index (χ0) is 16.6. The van der Waals surface area contributed by atoms with Crippen molar-refractivity contribution in [1.82, 2.24) is 25.1 Å². The highest BCUT2D eigenvalue weighted by molar-refractivity contribution is 5.35. The van der Waals surface area contributed by atoms with Gasteiger partial charge in [-0.05, 0) is 87.0 Å². The van der Waals surface area contributed by atoms with E-state index in [2.05, 4.69) is 58.5 Å². The van der Waals surface area contributed by atoms with Crippen molar-refractivity contribution < 1.29 is 0 Å². The summed E-state index contributed by atoms with van der Waals surface area (Å²) in [5.41, 5.74) is 2.34. The van der Waals surface area contributed by atoms with Crippen molar-refractivity contribution in [2.75, 3.05) is 13.1 Å². The van der Waals surface area contributed by atoms with E-state index >= 15 is 0 Å². The van der Waals surface area contributed by atoms with E-state index in [1.165, 1.54) is 57.2 Å². The fourth-order valence-electron chi connectivity index (χ4n) is 4.40. The quantitative estimate of drug-likeness (QED) is 0.867. The summed E-state index contributed by atoms with van der Waals surface area (Å²) in [5.74, 6) is 1.85. The van der Waals surface area contributed by atoms with Crippen LogP contribution in [0.5, 0.6) is 0 Å². The predicted molar refractivity (Wildman–Crippen MR) is 94.0 cm³/mol. The monoisotopic (exact) mass is 325 g/mol. The first-order valence-electron chi connectivity index (χ1n) is 9.30. The molecule has 128 valence electrons. The van der Waals surface area contributed by atoms with Gasteiger partial charge in [0.25, 0.3) is 0 Å². The van der Waals surface area contributed by atoms with Crippen molar-refractivity contribution in [2.24, 2.45) is 5.92 Å². The molecule has 24 heavy (non-hydrogen) atoms. The maximum Gasteiger partial charge on any atom is 0.176 e. The maximum atomic E-state index is 4.54. The Labute approximate surface area is 144 Å². The lowest BCUT2D eigenvalue weighted by Crippen LogP contribution is -2.48. The van der Waals surface area contributed by atoms with E-state index in [9.17, 15) is 0 Å². The Bertz CT molecular complexity index is 676. The zero-order valence-corrected chi connectivity index (χ0v) is 14.8. The number of tetrazole rings is 1. The lowest BCUT2D eigenvalue weighted by atomic mass is 9.75. The average Bonchev–Trinajstić information content (AvgIpc) is 3.29. The fraction of sp³-hybridized carbons (Fsp3) is 0.632. The van der Waals surface area contributed by atoms with Crippen LogP contribution in [0, 0.1) is 12.8 Å². The highest BCUT2D eigenvalue weighted by atomic mass is 15.6. The molecule has 2 aliphatic rings. The second-order valence-electron chi connectivity index (χ2n) is 7.66. The Hall–Kier alpha value is -1.75. The van der Waals surface area contributed by atoms with E-state index in [0.717, 1.165) is 17.4 Å². The summed E-state index contributed by atoms with van der Waals surface area (Å²) in [6, 6.07) is 8.51. The molecule has 2 fully saturated rings. The third kappa shape index (κ3) is 2.65. The topological polar surface area (TPSA) is 46.8 Å². The maximum absolute atomic E-state index is 4.54. The minimum atomic E-state index is 0.0113. The molecule has 1 saturated heterocycles. The van der Waals surface area contributed by atoms with E-state index in [-0.39, 0.29) is 5.54 Å². The summed E-state index contributed by atoms with van der Waals surface area (Å²) in [5, 5.41) is 13.0. The van der Waals surface area contributed by atoms with Gasteiger partial charge in [-0.25, -0.2) is 0 Å². The summed E-state index contributed by atoms with van der Waals surface area (Å²) in [4.78, 5) is 2.66. The number of aryl methyl sites for hydroxylation is 1. The van der Waals surface area contributed by atoms with Crippen LogP contribution in [0.4, 0.5) is 0 Å². The van der Waals surface area contributed by atoms with Gasteiger partial charge >= 0.3 is 0 Å². The molecule has 2 aromatic rings. The number of likely N-dealkylation sites (tertiary alicyclic amines) is 1. The highest BCUT2D eigenvalue weighted by Gasteiger charge is 2.46. The van der Waals surface area contributed by atoms with Gasteiger partial charge in [0, 0.05) is 0 Å². The van der Waals surface area contributed by atoms with Gasteiger partial charge in [0.1, 0.15) is 0 Å². The van der Waals surface area contributed by atoms with Gasteiger partial charge in [-0.2, -0.15) is 4.68 Å². The Morgan fingerprint density at radius 3 is 2.38 bits per heavy atom. The summed E-state index contributed by atoms with van der Waals surface area (Å²) in [6.07, 6.45) is 7.45. The van der Waals surface area contributed by atoms with Crippen molar-refractivity contribution in [1.29, 1.82) is 0 Å². The van der Waals surface area contributed by atoms with Crippen LogP contribution in [0.25, 0.3) is 5.69 Å². The van der Waals surface area contributed by atoms with Crippen LogP contribution in [0.3, 0.4) is 0 Å². The Balaban J connectivity index is 1.76. The van der Waals surface area contributed by atoms with Crippen LogP contribution in [0.15, 0.2) is 24.3 Å². The van der Waals surface area contributed by atoms with Crippen LogP contribution in [-0.4, -0.2) is 38.2 Å². The summed E-state index contributed by atoms with van der Waals surface area (Å²) >= 11 is 0. The number of hydrogen-bond acceptors (Lipinski definition) is 4. The van der Waals surface area contributed by atoms with Gasteiger partial charge in [0.2, 0.25) is 0 Å². The number of rotatable bonds is 3. The molecule has 4 rings (SSSR count). The van der Waals surface area contributed by atoms with Crippen molar-refractivity contribution in [2.45, 2.75) is 57.9 Å². The van der Waals surface area contributed by atoms with Gasteiger partial charge in [-0.1, -0.05) is 24.6 Å². The molecule has 0 radical (unpaired) electrons. The minimum absolute atomic E-state index is 0.0113. The molecule has 0 atom stereocenters. The molecule has 1 aliphatic heterocycles. The van der Waals surface area contributed by atoms with E-state index in [1.807, 2.05) is 4.68 Å². The molecule has 0 bridgehead atoms. The second kappa shape index (κ2) is 6.28.